The molecular formula is C20H26N+. The molecule has 21 heavy (non-hydrogen) atoms. The molecule has 1 nitrogen and oxygen atoms in total. The summed E-state index contributed by atoms with van der Waals surface area (Å²) in [6.45, 7) is 4.52. The fourth-order valence-corrected chi connectivity index (χ4v) is 3.80. The number of aromatic nitrogens is 1. The number of pyridine rings is 1. The molecule has 110 valence electrons. The highest BCUT2D eigenvalue weighted by molar-refractivity contribution is 5.63. The Labute approximate surface area is 128 Å². The van der Waals surface area contributed by atoms with Crippen LogP contribution in [0.4, 0.5) is 0 Å². The van der Waals surface area contributed by atoms with Crippen LogP contribution in [0.15, 0.2) is 36.5 Å². The summed E-state index contributed by atoms with van der Waals surface area (Å²) in [4.78, 5) is 0. The van der Waals surface area contributed by atoms with Crippen LogP contribution in [0.1, 0.15) is 54.7 Å². The molecule has 0 spiro atoms. The molecule has 1 heteroatoms. The van der Waals surface area contributed by atoms with Crippen LogP contribution >= 0.6 is 0 Å². The second-order valence-electron chi connectivity index (χ2n) is 6.56. The summed E-state index contributed by atoms with van der Waals surface area (Å²) in [6, 6.07) is 11.3. The molecule has 2 aromatic rings. The molecule has 1 aromatic heterocycles. The smallest absolute Gasteiger partial charge is 0.201 e. The van der Waals surface area contributed by atoms with Crippen molar-refractivity contribution >= 4 is 0 Å². The minimum atomic E-state index is 0.770. The van der Waals surface area contributed by atoms with Crippen molar-refractivity contribution < 1.29 is 4.57 Å². The molecule has 1 aliphatic rings. The quantitative estimate of drug-likeness (QED) is 0.693. The first kappa shape index (κ1) is 14.3. The topological polar surface area (TPSA) is 3.88 Å². The summed E-state index contributed by atoms with van der Waals surface area (Å²) < 4.78 is 2.22. The number of rotatable bonds is 2. The average molecular weight is 280 g/mol. The monoisotopic (exact) mass is 280 g/mol. The van der Waals surface area contributed by atoms with Crippen molar-refractivity contribution in [2.24, 2.45) is 7.05 Å². The van der Waals surface area contributed by atoms with Crippen molar-refractivity contribution in [3.8, 4) is 11.3 Å². The van der Waals surface area contributed by atoms with Gasteiger partial charge in [0.05, 0.1) is 0 Å². The second-order valence-corrected chi connectivity index (χ2v) is 6.56. The minimum Gasteiger partial charge on any atom is -0.201 e. The van der Waals surface area contributed by atoms with E-state index in [4.69, 9.17) is 0 Å². The van der Waals surface area contributed by atoms with E-state index in [-0.39, 0.29) is 0 Å². The highest BCUT2D eigenvalue weighted by Gasteiger charge is 2.20. The van der Waals surface area contributed by atoms with E-state index in [1.165, 1.54) is 54.5 Å². The summed E-state index contributed by atoms with van der Waals surface area (Å²) in [6.07, 6.45) is 9.07. The molecule has 0 bridgehead atoms. The summed E-state index contributed by atoms with van der Waals surface area (Å²) >= 11 is 0. The van der Waals surface area contributed by atoms with Crippen LogP contribution in [0.25, 0.3) is 11.3 Å². The fourth-order valence-electron chi connectivity index (χ4n) is 3.80. The first-order valence-corrected chi connectivity index (χ1v) is 8.23. The lowest BCUT2D eigenvalue weighted by Gasteiger charge is -2.24. The maximum atomic E-state index is 2.47. The predicted octanol–water partition coefficient (Wildman–Crippen LogP) is 4.84. The van der Waals surface area contributed by atoms with Crippen LogP contribution in [0.3, 0.4) is 0 Å². The number of aryl methyl sites for hydroxylation is 3. The molecular weight excluding hydrogens is 254 g/mol. The van der Waals surface area contributed by atoms with Gasteiger partial charge in [-0.15, -0.1) is 0 Å². The molecule has 0 amide bonds. The lowest BCUT2D eigenvalue weighted by atomic mass is 9.81. The summed E-state index contributed by atoms with van der Waals surface area (Å²) in [5.41, 5.74) is 7.14. The molecule has 1 fully saturated rings. The Morgan fingerprint density at radius 3 is 2.43 bits per heavy atom. The fraction of sp³-hybridized carbons (Fsp3) is 0.450. The molecule has 1 aromatic carbocycles. The van der Waals surface area contributed by atoms with Gasteiger partial charge in [0.25, 0.3) is 0 Å². The largest absolute Gasteiger partial charge is 0.212 e. The van der Waals surface area contributed by atoms with Crippen molar-refractivity contribution in [2.45, 2.75) is 51.9 Å². The third-order valence-corrected chi connectivity index (χ3v) is 4.99. The molecule has 0 radical (unpaired) electrons. The zero-order valence-corrected chi connectivity index (χ0v) is 13.5. The van der Waals surface area contributed by atoms with Gasteiger partial charge < -0.3 is 0 Å². The van der Waals surface area contributed by atoms with Crippen molar-refractivity contribution in [1.82, 2.24) is 0 Å². The van der Waals surface area contributed by atoms with E-state index in [1.807, 2.05) is 0 Å². The Morgan fingerprint density at radius 2 is 1.71 bits per heavy atom. The van der Waals surface area contributed by atoms with E-state index in [1.54, 1.807) is 5.56 Å². The van der Waals surface area contributed by atoms with Gasteiger partial charge in [0.1, 0.15) is 7.05 Å². The van der Waals surface area contributed by atoms with E-state index in [9.17, 15) is 0 Å². The standard InChI is InChI=1S/C20H26N/c1-15-13-16(2)19(20-11-7-8-12-21(20)3)14-18(15)17-9-5-4-6-10-17/h7-8,11-14,17H,4-6,9-10H2,1-3H3/q+1. The van der Waals surface area contributed by atoms with E-state index < -0.39 is 0 Å². The third kappa shape index (κ3) is 2.88. The number of nitrogens with zero attached hydrogens (tertiary/aromatic N) is 1. The summed E-state index contributed by atoms with van der Waals surface area (Å²) in [5, 5.41) is 0. The first-order chi connectivity index (χ1) is 10.2. The summed E-state index contributed by atoms with van der Waals surface area (Å²) in [7, 11) is 2.13. The van der Waals surface area contributed by atoms with Gasteiger partial charge in [0, 0.05) is 17.7 Å². The SMILES string of the molecule is Cc1cc(C)c(C2CCCCC2)cc1-c1cccc[n+]1C. The summed E-state index contributed by atoms with van der Waals surface area (Å²) in [5.74, 6) is 0.770. The highest BCUT2D eigenvalue weighted by Crippen LogP contribution is 2.36. The van der Waals surface area contributed by atoms with Gasteiger partial charge in [-0.3, -0.25) is 0 Å². The molecule has 0 aliphatic heterocycles. The lowest BCUT2D eigenvalue weighted by Crippen LogP contribution is -2.30. The maximum Gasteiger partial charge on any atom is 0.212 e. The van der Waals surface area contributed by atoms with Crippen LogP contribution in [0.5, 0.6) is 0 Å². The van der Waals surface area contributed by atoms with Gasteiger partial charge in [-0.05, 0) is 61.4 Å². The molecule has 1 heterocycles. The van der Waals surface area contributed by atoms with Gasteiger partial charge in [0.15, 0.2) is 6.20 Å². The van der Waals surface area contributed by atoms with Crippen LogP contribution < -0.4 is 4.57 Å². The third-order valence-electron chi connectivity index (χ3n) is 4.99. The Balaban J connectivity index is 2.07. The molecule has 0 unspecified atom stereocenters. The number of hydrogen-bond donors (Lipinski definition) is 0. The van der Waals surface area contributed by atoms with Gasteiger partial charge in [-0.25, -0.2) is 4.57 Å². The highest BCUT2D eigenvalue weighted by atomic mass is 14.9. The maximum absolute atomic E-state index is 2.47. The van der Waals surface area contributed by atoms with Crippen molar-refractivity contribution in [1.29, 1.82) is 0 Å². The van der Waals surface area contributed by atoms with E-state index in [2.05, 4.69) is 62.0 Å². The molecule has 1 aliphatic carbocycles. The molecule has 0 N–H and O–H groups in total. The molecule has 1 saturated carbocycles. The Morgan fingerprint density at radius 1 is 0.952 bits per heavy atom. The van der Waals surface area contributed by atoms with E-state index >= 15 is 0 Å². The van der Waals surface area contributed by atoms with E-state index in [0.29, 0.717) is 0 Å². The van der Waals surface area contributed by atoms with Crippen LogP contribution in [0.2, 0.25) is 0 Å². The van der Waals surface area contributed by atoms with Gasteiger partial charge in [-0.2, -0.15) is 0 Å². The second kappa shape index (κ2) is 6.01. The zero-order chi connectivity index (χ0) is 14.8. The molecule has 0 saturated heterocycles. The number of benzene rings is 1. The molecule has 0 atom stereocenters. The van der Waals surface area contributed by atoms with E-state index in [0.717, 1.165) is 5.92 Å². The van der Waals surface area contributed by atoms with Gasteiger partial charge in [-0.1, -0.05) is 25.3 Å². The normalized spacial score (nSPS) is 16.1. The Kier molecular flexibility index (Phi) is 4.10. The number of hydrogen-bond acceptors (Lipinski definition) is 0. The first-order valence-electron chi connectivity index (χ1n) is 8.23. The van der Waals surface area contributed by atoms with Crippen molar-refractivity contribution in [3.05, 3.63) is 53.2 Å². The predicted molar refractivity (Wildman–Crippen MR) is 88.4 cm³/mol. The minimum absolute atomic E-state index is 0.770. The van der Waals surface area contributed by atoms with Crippen LogP contribution in [0, 0.1) is 13.8 Å². The van der Waals surface area contributed by atoms with Crippen molar-refractivity contribution in [2.75, 3.05) is 0 Å². The van der Waals surface area contributed by atoms with Gasteiger partial charge >= 0.3 is 0 Å². The Hall–Kier alpha value is -1.63. The average Bonchev–Trinajstić information content (AvgIpc) is 2.49. The molecule has 3 rings (SSSR count). The van der Waals surface area contributed by atoms with Gasteiger partial charge in [0.2, 0.25) is 5.69 Å². The Bertz CT molecular complexity index is 636. The lowest BCUT2D eigenvalue weighted by molar-refractivity contribution is -0.660. The van der Waals surface area contributed by atoms with Crippen molar-refractivity contribution in [3.63, 3.8) is 0 Å². The zero-order valence-electron chi connectivity index (χ0n) is 13.5. The van der Waals surface area contributed by atoms with Crippen LogP contribution in [-0.2, 0) is 7.05 Å². The van der Waals surface area contributed by atoms with Crippen LogP contribution in [-0.4, -0.2) is 0 Å².